The van der Waals surface area contributed by atoms with Crippen LogP contribution in [0.25, 0.3) is 0 Å². The highest BCUT2D eigenvalue weighted by Gasteiger charge is 2.55. The first-order chi connectivity index (χ1) is 8.75. The molecule has 1 saturated carbocycles. The van der Waals surface area contributed by atoms with Gasteiger partial charge < -0.3 is 14.6 Å². The lowest BCUT2D eigenvalue weighted by Gasteiger charge is -2.36. The standard InChI is InChI=1S/C13H21NO5/c1-12(2,3)19-11(17)14-9(10(15)16)8-18-13(14)6-4-5-7-13/h9H,4-8H2,1-3H3,(H,15,16). The van der Waals surface area contributed by atoms with Crippen molar-refractivity contribution in [3.05, 3.63) is 0 Å². The zero-order valence-electron chi connectivity index (χ0n) is 11.6. The van der Waals surface area contributed by atoms with Crippen LogP contribution >= 0.6 is 0 Å². The van der Waals surface area contributed by atoms with Gasteiger partial charge in [-0.25, -0.2) is 9.59 Å². The fourth-order valence-corrected chi connectivity index (χ4v) is 2.76. The fraction of sp³-hybridized carbons (Fsp3) is 0.846. The maximum absolute atomic E-state index is 12.3. The lowest BCUT2D eigenvalue weighted by molar-refractivity contribution is -0.143. The molecule has 1 saturated heterocycles. The quantitative estimate of drug-likeness (QED) is 0.789. The first-order valence-electron chi connectivity index (χ1n) is 6.64. The summed E-state index contributed by atoms with van der Waals surface area (Å²) >= 11 is 0. The highest BCUT2D eigenvalue weighted by atomic mass is 16.6. The number of carbonyl (C=O) groups is 2. The van der Waals surface area contributed by atoms with Crippen molar-refractivity contribution in [3.63, 3.8) is 0 Å². The van der Waals surface area contributed by atoms with Gasteiger partial charge in [-0.2, -0.15) is 0 Å². The van der Waals surface area contributed by atoms with E-state index in [0.717, 1.165) is 12.8 Å². The van der Waals surface area contributed by atoms with Crippen molar-refractivity contribution in [1.29, 1.82) is 0 Å². The molecule has 1 atom stereocenters. The Morgan fingerprint density at radius 3 is 2.37 bits per heavy atom. The third-order valence-electron chi connectivity index (χ3n) is 3.52. The minimum Gasteiger partial charge on any atom is -0.480 e. The lowest BCUT2D eigenvalue weighted by atomic mass is 10.1. The number of nitrogens with zero attached hydrogens (tertiary/aromatic N) is 1. The summed E-state index contributed by atoms with van der Waals surface area (Å²) in [5.41, 5.74) is -1.42. The van der Waals surface area contributed by atoms with Crippen molar-refractivity contribution in [1.82, 2.24) is 4.90 Å². The number of rotatable bonds is 1. The van der Waals surface area contributed by atoms with Crippen LogP contribution in [0.15, 0.2) is 0 Å². The Kier molecular flexibility index (Phi) is 3.47. The second-order valence-electron chi connectivity index (χ2n) is 6.17. The number of carboxylic acids is 1. The highest BCUT2D eigenvalue weighted by Crippen LogP contribution is 2.42. The smallest absolute Gasteiger partial charge is 0.413 e. The van der Waals surface area contributed by atoms with Gasteiger partial charge in [0.05, 0.1) is 6.61 Å². The predicted molar refractivity (Wildman–Crippen MR) is 66.6 cm³/mol. The Balaban J connectivity index is 2.24. The topological polar surface area (TPSA) is 76.1 Å². The normalized spacial score (nSPS) is 25.8. The van der Waals surface area contributed by atoms with Gasteiger partial charge in [0.1, 0.15) is 11.3 Å². The predicted octanol–water partition coefficient (Wildman–Crippen LogP) is 1.98. The van der Waals surface area contributed by atoms with Crippen LogP contribution in [-0.2, 0) is 14.3 Å². The minimum absolute atomic E-state index is 0.0363. The number of ether oxygens (including phenoxy) is 2. The van der Waals surface area contributed by atoms with Gasteiger partial charge in [0.2, 0.25) is 0 Å². The average molecular weight is 271 g/mol. The summed E-state index contributed by atoms with van der Waals surface area (Å²) in [6.45, 7) is 5.32. The van der Waals surface area contributed by atoms with Crippen LogP contribution in [0.1, 0.15) is 46.5 Å². The van der Waals surface area contributed by atoms with Crippen molar-refractivity contribution < 1.29 is 24.2 Å². The molecule has 0 aromatic carbocycles. The summed E-state index contributed by atoms with van der Waals surface area (Å²) in [7, 11) is 0. The Morgan fingerprint density at radius 1 is 1.32 bits per heavy atom. The number of carbonyl (C=O) groups excluding carboxylic acids is 1. The molecule has 1 amide bonds. The van der Waals surface area contributed by atoms with Crippen molar-refractivity contribution in [2.75, 3.05) is 6.61 Å². The molecule has 6 heteroatoms. The summed E-state index contributed by atoms with van der Waals surface area (Å²) in [4.78, 5) is 24.9. The van der Waals surface area contributed by atoms with Gasteiger partial charge in [-0.05, 0) is 46.5 Å². The SMILES string of the molecule is CC(C)(C)OC(=O)N1C(C(=O)O)COC12CCCC2. The van der Waals surface area contributed by atoms with Crippen LogP contribution in [0.4, 0.5) is 4.79 Å². The number of hydrogen-bond acceptors (Lipinski definition) is 4. The second-order valence-corrected chi connectivity index (χ2v) is 6.17. The molecule has 1 spiro atoms. The van der Waals surface area contributed by atoms with E-state index >= 15 is 0 Å². The van der Waals surface area contributed by atoms with Crippen molar-refractivity contribution in [2.45, 2.75) is 63.8 Å². The van der Waals surface area contributed by atoms with Crippen LogP contribution < -0.4 is 0 Å². The van der Waals surface area contributed by atoms with E-state index in [1.807, 2.05) is 0 Å². The van der Waals surface area contributed by atoms with E-state index < -0.39 is 29.4 Å². The summed E-state index contributed by atoms with van der Waals surface area (Å²) in [6, 6.07) is -0.951. The van der Waals surface area contributed by atoms with Gasteiger partial charge in [0, 0.05) is 0 Å². The van der Waals surface area contributed by atoms with E-state index in [9.17, 15) is 14.7 Å². The largest absolute Gasteiger partial charge is 0.480 e. The average Bonchev–Trinajstić information content (AvgIpc) is 2.84. The number of amides is 1. The molecule has 0 radical (unpaired) electrons. The molecule has 2 aliphatic rings. The van der Waals surface area contributed by atoms with E-state index in [-0.39, 0.29) is 6.61 Å². The first-order valence-corrected chi connectivity index (χ1v) is 6.64. The molecule has 2 fully saturated rings. The van der Waals surface area contributed by atoms with Gasteiger partial charge in [0.25, 0.3) is 0 Å². The van der Waals surface area contributed by atoms with Crippen LogP contribution in [0.2, 0.25) is 0 Å². The van der Waals surface area contributed by atoms with Crippen molar-refractivity contribution >= 4 is 12.1 Å². The summed E-state index contributed by atoms with van der Waals surface area (Å²) in [5, 5.41) is 9.25. The number of carboxylic acid groups (broad SMARTS) is 1. The Labute approximate surface area is 112 Å². The molecule has 1 aliphatic heterocycles. The van der Waals surface area contributed by atoms with E-state index in [0.29, 0.717) is 12.8 Å². The van der Waals surface area contributed by atoms with Gasteiger partial charge >= 0.3 is 12.1 Å². The number of hydrogen-bond donors (Lipinski definition) is 1. The minimum atomic E-state index is -1.05. The molecule has 108 valence electrons. The van der Waals surface area contributed by atoms with Crippen LogP contribution in [0.5, 0.6) is 0 Å². The molecule has 1 aliphatic carbocycles. The van der Waals surface area contributed by atoms with E-state index in [2.05, 4.69) is 0 Å². The molecule has 0 aromatic heterocycles. The zero-order valence-corrected chi connectivity index (χ0v) is 11.6. The maximum Gasteiger partial charge on any atom is 0.413 e. The number of aliphatic carboxylic acids is 1. The van der Waals surface area contributed by atoms with Gasteiger partial charge in [-0.1, -0.05) is 0 Å². The monoisotopic (exact) mass is 271 g/mol. The molecule has 0 aromatic rings. The fourth-order valence-electron chi connectivity index (χ4n) is 2.76. The van der Waals surface area contributed by atoms with E-state index in [4.69, 9.17) is 9.47 Å². The maximum atomic E-state index is 12.3. The van der Waals surface area contributed by atoms with E-state index in [1.54, 1.807) is 20.8 Å². The Bertz CT molecular complexity index is 381. The van der Waals surface area contributed by atoms with Crippen LogP contribution in [0.3, 0.4) is 0 Å². The third-order valence-corrected chi connectivity index (χ3v) is 3.52. The molecule has 2 rings (SSSR count). The van der Waals surface area contributed by atoms with Crippen LogP contribution in [-0.4, -0.2) is 46.0 Å². The van der Waals surface area contributed by atoms with E-state index in [1.165, 1.54) is 4.90 Å². The summed E-state index contributed by atoms with van der Waals surface area (Å²) < 4.78 is 11.0. The van der Waals surface area contributed by atoms with Gasteiger partial charge in [0.15, 0.2) is 6.04 Å². The summed E-state index contributed by atoms with van der Waals surface area (Å²) in [6.07, 6.45) is 2.63. The molecule has 19 heavy (non-hydrogen) atoms. The molecule has 1 unspecified atom stereocenters. The Morgan fingerprint density at radius 2 is 1.89 bits per heavy atom. The molecule has 0 bridgehead atoms. The Hall–Kier alpha value is -1.30. The second kappa shape index (κ2) is 4.67. The first kappa shape index (κ1) is 14.1. The van der Waals surface area contributed by atoms with Gasteiger partial charge in [-0.3, -0.25) is 4.90 Å². The molecule has 1 heterocycles. The molecule has 6 nitrogen and oxygen atoms in total. The van der Waals surface area contributed by atoms with Gasteiger partial charge in [-0.15, -0.1) is 0 Å². The van der Waals surface area contributed by atoms with Crippen molar-refractivity contribution in [2.24, 2.45) is 0 Å². The highest BCUT2D eigenvalue weighted by molar-refractivity contribution is 5.81. The molecular weight excluding hydrogens is 250 g/mol. The van der Waals surface area contributed by atoms with Crippen molar-refractivity contribution in [3.8, 4) is 0 Å². The van der Waals surface area contributed by atoms with Crippen LogP contribution in [0, 0.1) is 0 Å². The molecule has 1 N–H and O–H groups in total. The third kappa shape index (κ3) is 2.68. The zero-order chi connectivity index (χ0) is 14.3. The molecular formula is C13H21NO5. The summed E-state index contributed by atoms with van der Waals surface area (Å²) in [5.74, 6) is -1.05. The lowest BCUT2D eigenvalue weighted by Crippen LogP contribution is -2.53.